The Morgan fingerprint density at radius 2 is 0.393 bits per heavy atom. The van der Waals surface area contributed by atoms with Crippen LogP contribution in [-0.4, -0.2) is 13.7 Å². The molecule has 0 fully saturated rings. The van der Waals surface area contributed by atoms with Gasteiger partial charge in [0.05, 0.1) is 33.1 Å². The number of fused-ring (bicyclic) bond motifs is 32. The predicted molar refractivity (Wildman–Crippen MR) is 607 cm³/mol. The Morgan fingerprint density at radius 3 is 0.786 bits per heavy atom. The molecule has 6 heteroatoms. The van der Waals surface area contributed by atoms with Crippen molar-refractivity contribution in [2.75, 3.05) is 0 Å². The van der Waals surface area contributed by atoms with Gasteiger partial charge in [0.1, 0.15) is 0 Å². The summed E-state index contributed by atoms with van der Waals surface area (Å²) < 4.78 is 15.5. The molecule has 0 aliphatic rings. The molecule has 0 spiro atoms. The number of rotatable bonds is 10. The molecule has 0 saturated heterocycles. The number of hydrogen-bond acceptors (Lipinski definition) is 3. The third-order valence-corrected chi connectivity index (χ3v) is 32.5. The third-order valence-electron chi connectivity index (χ3n) is 28.9. The van der Waals surface area contributed by atoms with Crippen molar-refractivity contribution in [2.45, 2.75) is 0 Å². The summed E-state index contributed by atoms with van der Waals surface area (Å²) in [5.41, 5.74) is 28.3. The van der Waals surface area contributed by atoms with Gasteiger partial charge >= 0.3 is 0 Å². The van der Waals surface area contributed by atoms with Crippen LogP contribution >= 0.6 is 34.0 Å². The van der Waals surface area contributed by atoms with Crippen molar-refractivity contribution in [2.24, 2.45) is 0 Å². The predicted octanol–water partition coefficient (Wildman–Crippen LogP) is 38.9. The second-order valence-electron chi connectivity index (χ2n) is 36.7. The molecule has 0 amide bonds. The highest BCUT2D eigenvalue weighted by molar-refractivity contribution is 7.28. The Bertz CT molecular complexity index is 10200. The molecule has 6 aromatic heterocycles. The van der Waals surface area contributed by atoms with Crippen LogP contribution in [0.25, 0.3) is 275 Å². The third kappa shape index (κ3) is 13.3. The molecule has 0 aliphatic heterocycles. The molecule has 30 rings (SSSR count). The van der Waals surface area contributed by atoms with Crippen molar-refractivity contribution < 1.29 is 0 Å². The summed E-state index contributed by atoms with van der Waals surface area (Å²) in [6.45, 7) is 0. The number of aromatic nitrogens is 3. The highest BCUT2D eigenvalue weighted by Crippen LogP contribution is 2.55. The Kier molecular flexibility index (Phi) is 19.3. The molecule has 3 nitrogen and oxygen atoms in total. The van der Waals surface area contributed by atoms with Crippen molar-refractivity contribution >= 4 is 214 Å². The summed E-state index contributed by atoms with van der Waals surface area (Å²) in [6.07, 6.45) is 0. The minimum atomic E-state index is 1.17. The van der Waals surface area contributed by atoms with Crippen molar-refractivity contribution in [3.8, 4) is 95.0 Å². The Morgan fingerprint density at radius 1 is 0.136 bits per heavy atom. The van der Waals surface area contributed by atoms with Crippen LogP contribution in [-0.2, 0) is 0 Å². The largest absolute Gasteiger partial charge is 0.309 e. The number of hydrogen-bond donors (Lipinski definition) is 0. The lowest BCUT2D eigenvalue weighted by Gasteiger charge is -2.11. The zero-order valence-electron chi connectivity index (χ0n) is 76.0. The summed E-state index contributed by atoms with van der Waals surface area (Å²) in [6, 6.07) is 184. The first-order chi connectivity index (χ1) is 69.5. The van der Waals surface area contributed by atoms with Gasteiger partial charge in [-0.2, -0.15) is 0 Å². The molecule has 0 radical (unpaired) electrons. The van der Waals surface area contributed by atoms with Crippen LogP contribution < -0.4 is 0 Å². The summed E-state index contributed by atoms with van der Waals surface area (Å²) >= 11 is 5.75. The van der Waals surface area contributed by atoms with Gasteiger partial charge in [0.15, 0.2) is 0 Å². The standard InChI is InChI=1S/C46H29NS.2C44H27NS/c1-4-12-30(13-5-1)32-20-22-33(23-21-32)34-25-27-42-40(28-34)44-43-39-26-24-35(31-14-6-2-7-15-31)29-41(39)47(36-16-8-3-9-17-36)45(43)37-18-10-11-19-38(37)46(44)48-42;1-3-12-28(13-4-1)30-22-24-37-39(27-30)45(32-16-5-2-6-17-32)43-35-19-9-10-20-36(35)44-42(41(37)43)38-26-31(23-25-40(38)46-44)34-21-11-15-29-14-7-8-18-33(29)34;1-3-11-28(12-4-1)33-21-23-37-39(27-33)45(34-15-5-2-6-16-34)43-35-17-9-10-18-36(35)44-42(41(37)43)38-26-32(22-24-40(38)46-44)31-20-19-29-13-7-8-14-30(29)25-31/h1-29H;2*1-27H. The Balaban J connectivity index is 0.000000103. The minimum Gasteiger partial charge on any atom is -0.309 e. The quantitative estimate of drug-likeness (QED) is 0.130. The molecule has 0 saturated carbocycles. The lowest BCUT2D eigenvalue weighted by molar-refractivity contribution is 1.19. The van der Waals surface area contributed by atoms with Gasteiger partial charge in [0, 0.05) is 142 Å². The number of para-hydroxylation sites is 3. The van der Waals surface area contributed by atoms with E-state index in [-0.39, 0.29) is 0 Å². The topological polar surface area (TPSA) is 14.8 Å². The number of thiophene rings is 3. The maximum atomic E-state index is 2.50. The molecular formula is C134H83N3S3. The average Bonchev–Trinajstić information content (AvgIpc) is 1.54. The highest BCUT2D eigenvalue weighted by Gasteiger charge is 2.28. The smallest absolute Gasteiger partial charge is 0.0626 e. The molecule has 0 aliphatic carbocycles. The fraction of sp³-hybridized carbons (Fsp3) is 0. The average molecular weight is 1830 g/mol. The maximum absolute atomic E-state index is 2.50. The highest BCUT2D eigenvalue weighted by atomic mass is 32.1. The van der Waals surface area contributed by atoms with E-state index in [4.69, 9.17) is 0 Å². The fourth-order valence-electron chi connectivity index (χ4n) is 22.5. The minimum absolute atomic E-state index is 1.17. The van der Waals surface area contributed by atoms with Gasteiger partial charge in [0.25, 0.3) is 0 Å². The summed E-state index contributed by atoms with van der Waals surface area (Å²) in [4.78, 5) is 0. The lowest BCUT2D eigenvalue weighted by atomic mass is 9.95. The van der Waals surface area contributed by atoms with E-state index in [0.29, 0.717) is 0 Å². The van der Waals surface area contributed by atoms with Crippen LogP contribution in [0.5, 0.6) is 0 Å². The molecule has 0 unspecified atom stereocenters. The monoisotopic (exact) mass is 1830 g/mol. The molecular weight excluding hydrogens is 1750 g/mol. The van der Waals surface area contributed by atoms with Crippen LogP contribution in [0.1, 0.15) is 0 Å². The van der Waals surface area contributed by atoms with Crippen LogP contribution in [0, 0.1) is 0 Å². The van der Waals surface area contributed by atoms with Gasteiger partial charge in [-0.05, 0) is 196 Å². The van der Waals surface area contributed by atoms with E-state index >= 15 is 0 Å². The molecule has 0 bridgehead atoms. The van der Waals surface area contributed by atoms with E-state index in [2.05, 4.69) is 517 Å². The van der Waals surface area contributed by atoms with Crippen LogP contribution in [0.3, 0.4) is 0 Å². The van der Waals surface area contributed by atoms with E-state index in [1.165, 1.54) is 275 Å². The first-order valence-electron chi connectivity index (χ1n) is 48.0. The molecule has 24 aromatic carbocycles. The van der Waals surface area contributed by atoms with E-state index in [0.717, 1.165) is 0 Å². The van der Waals surface area contributed by atoms with Crippen LogP contribution in [0.2, 0.25) is 0 Å². The molecule has 30 aromatic rings. The summed E-state index contributed by atoms with van der Waals surface area (Å²) in [5, 5.41) is 28.7. The van der Waals surface area contributed by atoms with Crippen LogP contribution in [0.15, 0.2) is 504 Å². The van der Waals surface area contributed by atoms with Crippen molar-refractivity contribution in [1.82, 2.24) is 13.7 Å². The second kappa shape index (κ2) is 33.3. The van der Waals surface area contributed by atoms with Gasteiger partial charge in [-0.1, -0.05) is 406 Å². The number of nitrogens with zero attached hydrogens (tertiary/aromatic N) is 3. The maximum Gasteiger partial charge on any atom is 0.0626 e. The first kappa shape index (κ1) is 81.0. The SMILES string of the molecule is c1ccc(-c2ccc(-c3ccc4sc5c6ccccc6c6c(c7ccc(-c8ccccc8)cc7n6-c6ccccc6)c5c4c3)cc2)cc1.c1ccc(-c2ccc3c4c5c6cc(-c7ccc8ccccc8c7)ccc6sc5c5ccccc5c4n(-c4ccccc4)c3c2)cc1.c1ccc(-c2ccc3c4c5c6cc(-c7cccc8ccccc78)ccc6sc5c5ccccc5c4n(-c4ccccc4)c3c2)cc1. The molecule has 140 heavy (non-hydrogen) atoms. The van der Waals surface area contributed by atoms with Crippen LogP contribution in [0.4, 0.5) is 0 Å². The zero-order valence-corrected chi connectivity index (χ0v) is 78.4. The van der Waals surface area contributed by atoms with Gasteiger partial charge in [-0.3, -0.25) is 0 Å². The van der Waals surface area contributed by atoms with Crippen molar-refractivity contribution in [1.29, 1.82) is 0 Å². The van der Waals surface area contributed by atoms with E-state index < -0.39 is 0 Å². The van der Waals surface area contributed by atoms with Gasteiger partial charge < -0.3 is 13.7 Å². The van der Waals surface area contributed by atoms with E-state index in [1.807, 2.05) is 34.0 Å². The first-order valence-corrected chi connectivity index (χ1v) is 50.4. The van der Waals surface area contributed by atoms with Crippen molar-refractivity contribution in [3.63, 3.8) is 0 Å². The van der Waals surface area contributed by atoms with Gasteiger partial charge in [-0.25, -0.2) is 0 Å². The molecule has 652 valence electrons. The Labute approximate surface area is 819 Å². The number of benzene rings is 24. The lowest BCUT2D eigenvalue weighted by Crippen LogP contribution is -1.94. The van der Waals surface area contributed by atoms with Crippen molar-refractivity contribution in [3.05, 3.63) is 504 Å². The molecule has 0 N–H and O–H groups in total. The van der Waals surface area contributed by atoms with E-state index in [9.17, 15) is 0 Å². The zero-order chi connectivity index (χ0) is 92.0. The van der Waals surface area contributed by atoms with E-state index in [1.54, 1.807) is 0 Å². The normalized spacial score (nSPS) is 11.9. The molecule has 0 atom stereocenters. The second-order valence-corrected chi connectivity index (χ2v) is 39.9. The molecule has 6 heterocycles. The fourth-order valence-corrected chi connectivity index (χ4v) is 26.2. The summed E-state index contributed by atoms with van der Waals surface area (Å²) in [7, 11) is 0. The van der Waals surface area contributed by atoms with Gasteiger partial charge in [-0.15, -0.1) is 34.0 Å². The Hall–Kier alpha value is -17.4. The van der Waals surface area contributed by atoms with Gasteiger partial charge in [0.2, 0.25) is 0 Å². The summed E-state index contributed by atoms with van der Waals surface area (Å²) in [5.74, 6) is 0.